The number of aromatic nitrogens is 2. The highest BCUT2D eigenvalue weighted by atomic mass is 16.5. The smallest absolute Gasteiger partial charge is 0.295 e. The lowest BCUT2D eigenvalue weighted by atomic mass is 9.98. The van der Waals surface area contributed by atoms with Gasteiger partial charge in [-0.3, -0.25) is 19.6 Å². The molecule has 0 aliphatic carbocycles. The van der Waals surface area contributed by atoms with E-state index < -0.39 is 17.7 Å². The number of hydrogen-bond donors (Lipinski definition) is 2. The summed E-state index contributed by atoms with van der Waals surface area (Å²) in [5.41, 5.74) is 1.64. The van der Waals surface area contributed by atoms with E-state index in [0.717, 1.165) is 13.1 Å². The van der Waals surface area contributed by atoms with Gasteiger partial charge in [0.25, 0.3) is 11.7 Å². The van der Waals surface area contributed by atoms with Crippen LogP contribution in [-0.2, 0) is 14.3 Å². The van der Waals surface area contributed by atoms with E-state index in [4.69, 9.17) is 9.15 Å². The molecule has 2 N–H and O–H groups in total. The average Bonchev–Trinajstić information content (AvgIpc) is 3.41. The summed E-state index contributed by atoms with van der Waals surface area (Å²) in [6.07, 6.45) is 1.49. The Morgan fingerprint density at radius 2 is 2.03 bits per heavy atom. The largest absolute Gasteiger partial charge is 0.507 e. The number of furan rings is 1. The molecule has 0 radical (unpaired) electrons. The zero-order valence-corrected chi connectivity index (χ0v) is 16.5. The van der Waals surface area contributed by atoms with Crippen LogP contribution in [0.15, 0.2) is 28.4 Å². The van der Waals surface area contributed by atoms with Crippen molar-refractivity contribution in [1.29, 1.82) is 0 Å². The Kier molecular flexibility index (Phi) is 5.25. The SMILES string of the molecule is Cc1n[nH]c(C)c1/C(O)=C1\C(=O)C(=O)N(CCN2CCOCC2)C1c1ccco1. The second-order valence-electron chi connectivity index (χ2n) is 7.27. The van der Waals surface area contributed by atoms with Crippen LogP contribution in [0.3, 0.4) is 0 Å². The highest BCUT2D eigenvalue weighted by Gasteiger charge is 2.47. The van der Waals surface area contributed by atoms with Gasteiger partial charge in [0, 0.05) is 31.9 Å². The van der Waals surface area contributed by atoms with Crippen LogP contribution in [0.1, 0.15) is 28.8 Å². The number of carbonyl (C=O) groups excluding carboxylic acids is 2. The number of Topliss-reactive ketones (excluding diaryl/α,β-unsaturated/α-hetero) is 1. The van der Waals surface area contributed by atoms with Gasteiger partial charge in [0.15, 0.2) is 0 Å². The minimum atomic E-state index is -0.778. The van der Waals surface area contributed by atoms with Gasteiger partial charge in [-0.05, 0) is 26.0 Å². The van der Waals surface area contributed by atoms with Gasteiger partial charge >= 0.3 is 0 Å². The molecular formula is C20H24N4O5. The summed E-state index contributed by atoms with van der Waals surface area (Å²) in [4.78, 5) is 29.4. The van der Waals surface area contributed by atoms with Crippen molar-refractivity contribution < 1.29 is 23.8 Å². The maximum atomic E-state index is 12.9. The number of nitrogens with one attached hydrogen (secondary N) is 1. The number of carbonyl (C=O) groups is 2. The number of rotatable bonds is 5. The predicted octanol–water partition coefficient (Wildman–Crippen LogP) is 1.37. The zero-order chi connectivity index (χ0) is 20.5. The van der Waals surface area contributed by atoms with Crippen molar-refractivity contribution in [2.75, 3.05) is 39.4 Å². The standard InChI is InChI=1S/C20H24N4O5/c1-12-15(13(2)22-21-12)18(25)16-17(14-4-3-9-29-14)24(20(27)19(16)26)6-5-23-7-10-28-11-8-23/h3-4,9,17,25H,5-8,10-11H2,1-2H3,(H,21,22)/b18-16+. The van der Waals surface area contributed by atoms with Gasteiger partial charge in [-0.15, -0.1) is 0 Å². The van der Waals surface area contributed by atoms with Crippen LogP contribution in [-0.4, -0.2) is 76.2 Å². The molecule has 4 rings (SSSR count). The van der Waals surface area contributed by atoms with Gasteiger partial charge in [0.2, 0.25) is 0 Å². The van der Waals surface area contributed by atoms with E-state index in [9.17, 15) is 14.7 Å². The average molecular weight is 400 g/mol. The van der Waals surface area contributed by atoms with Gasteiger partial charge in [0.1, 0.15) is 17.6 Å². The van der Waals surface area contributed by atoms with Gasteiger partial charge < -0.3 is 19.2 Å². The van der Waals surface area contributed by atoms with Crippen LogP contribution in [0.4, 0.5) is 0 Å². The molecule has 2 saturated heterocycles. The highest BCUT2D eigenvalue weighted by Crippen LogP contribution is 2.40. The molecule has 0 spiro atoms. The van der Waals surface area contributed by atoms with Crippen LogP contribution in [0.5, 0.6) is 0 Å². The molecule has 2 fully saturated rings. The number of aromatic amines is 1. The van der Waals surface area contributed by atoms with Gasteiger partial charge in [-0.2, -0.15) is 5.10 Å². The number of ketones is 1. The molecule has 2 aromatic rings. The van der Waals surface area contributed by atoms with E-state index in [1.165, 1.54) is 11.2 Å². The molecular weight excluding hydrogens is 376 g/mol. The maximum absolute atomic E-state index is 12.9. The molecule has 9 nitrogen and oxygen atoms in total. The molecule has 1 unspecified atom stereocenters. The molecule has 1 atom stereocenters. The summed E-state index contributed by atoms with van der Waals surface area (Å²) < 4.78 is 10.9. The third-order valence-corrected chi connectivity index (χ3v) is 5.48. The lowest BCUT2D eigenvalue weighted by molar-refractivity contribution is -0.140. The lowest BCUT2D eigenvalue weighted by Crippen LogP contribution is -2.42. The van der Waals surface area contributed by atoms with Gasteiger partial charge in [0.05, 0.1) is 36.3 Å². The Balaban J connectivity index is 1.72. The minimum absolute atomic E-state index is 0.0273. The molecule has 2 aromatic heterocycles. The van der Waals surface area contributed by atoms with Crippen molar-refractivity contribution in [1.82, 2.24) is 20.0 Å². The zero-order valence-electron chi connectivity index (χ0n) is 16.5. The molecule has 0 aromatic carbocycles. The molecule has 1 amide bonds. The fraction of sp³-hybridized carbons (Fsp3) is 0.450. The van der Waals surface area contributed by atoms with E-state index in [1.54, 1.807) is 26.0 Å². The molecule has 0 bridgehead atoms. The molecule has 9 heteroatoms. The lowest BCUT2D eigenvalue weighted by Gasteiger charge is -2.30. The Labute approximate surface area is 167 Å². The second kappa shape index (κ2) is 7.84. The fourth-order valence-electron chi connectivity index (χ4n) is 3.96. The van der Waals surface area contributed by atoms with Crippen molar-refractivity contribution in [2.24, 2.45) is 0 Å². The number of ether oxygens (including phenoxy) is 1. The third kappa shape index (κ3) is 3.47. The van der Waals surface area contributed by atoms with E-state index in [-0.39, 0.29) is 11.3 Å². The summed E-state index contributed by atoms with van der Waals surface area (Å²) in [6.45, 7) is 7.30. The Hall–Kier alpha value is -2.91. The summed E-state index contributed by atoms with van der Waals surface area (Å²) in [7, 11) is 0. The number of nitrogens with zero attached hydrogens (tertiary/aromatic N) is 3. The first-order valence-corrected chi connectivity index (χ1v) is 9.63. The topological polar surface area (TPSA) is 112 Å². The first-order chi connectivity index (χ1) is 14.0. The normalized spacial score (nSPS) is 22.6. The van der Waals surface area contributed by atoms with E-state index >= 15 is 0 Å². The van der Waals surface area contributed by atoms with E-state index in [0.29, 0.717) is 49.0 Å². The molecule has 0 saturated carbocycles. The molecule has 2 aliphatic heterocycles. The van der Waals surface area contributed by atoms with Crippen LogP contribution < -0.4 is 0 Å². The molecule has 2 aliphatic rings. The first-order valence-electron chi connectivity index (χ1n) is 9.63. The van der Waals surface area contributed by atoms with Crippen molar-refractivity contribution in [2.45, 2.75) is 19.9 Å². The van der Waals surface area contributed by atoms with Gasteiger partial charge in [-0.1, -0.05) is 0 Å². The van der Waals surface area contributed by atoms with E-state index in [2.05, 4.69) is 15.1 Å². The van der Waals surface area contributed by atoms with Gasteiger partial charge in [-0.25, -0.2) is 0 Å². The number of morpholine rings is 1. The predicted molar refractivity (Wildman–Crippen MR) is 103 cm³/mol. The molecule has 4 heterocycles. The second-order valence-corrected chi connectivity index (χ2v) is 7.27. The number of hydrogen-bond acceptors (Lipinski definition) is 7. The monoisotopic (exact) mass is 400 g/mol. The number of amides is 1. The number of H-pyrrole nitrogens is 1. The first kappa shape index (κ1) is 19.4. The third-order valence-electron chi connectivity index (χ3n) is 5.48. The van der Waals surface area contributed by atoms with Crippen molar-refractivity contribution in [3.63, 3.8) is 0 Å². The van der Waals surface area contributed by atoms with Crippen LogP contribution >= 0.6 is 0 Å². The van der Waals surface area contributed by atoms with Crippen molar-refractivity contribution in [3.05, 3.63) is 46.7 Å². The minimum Gasteiger partial charge on any atom is -0.507 e. The van der Waals surface area contributed by atoms with Crippen molar-refractivity contribution >= 4 is 17.4 Å². The maximum Gasteiger partial charge on any atom is 0.295 e. The number of aliphatic hydroxyl groups excluding tert-OH is 1. The Bertz CT molecular complexity index is 921. The Morgan fingerprint density at radius 3 is 2.66 bits per heavy atom. The molecule has 29 heavy (non-hydrogen) atoms. The summed E-state index contributed by atoms with van der Waals surface area (Å²) in [6, 6.07) is 2.63. The fourth-order valence-corrected chi connectivity index (χ4v) is 3.96. The van der Waals surface area contributed by atoms with Crippen LogP contribution in [0, 0.1) is 13.8 Å². The summed E-state index contributed by atoms with van der Waals surface area (Å²) in [5, 5.41) is 17.9. The summed E-state index contributed by atoms with van der Waals surface area (Å²) in [5.74, 6) is -1.15. The summed E-state index contributed by atoms with van der Waals surface area (Å²) >= 11 is 0. The van der Waals surface area contributed by atoms with Crippen LogP contribution in [0.25, 0.3) is 5.76 Å². The van der Waals surface area contributed by atoms with E-state index in [1.807, 2.05) is 0 Å². The number of likely N-dealkylation sites (tertiary alicyclic amines) is 1. The van der Waals surface area contributed by atoms with Crippen LogP contribution in [0.2, 0.25) is 0 Å². The highest BCUT2D eigenvalue weighted by molar-refractivity contribution is 6.46. The number of aliphatic hydroxyl groups is 1. The quantitative estimate of drug-likeness (QED) is 0.443. The van der Waals surface area contributed by atoms with Crippen molar-refractivity contribution in [3.8, 4) is 0 Å². The Morgan fingerprint density at radius 1 is 1.28 bits per heavy atom. The number of aryl methyl sites for hydroxylation is 2. The molecule has 154 valence electrons.